The highest BCUT2D eigenvalue weighted by atomic mass is 16.5. The lowest BCUT2D eigenvalue weighted by Crippen LogP contribution is -2.43. The van der Waals surface area contributed by atoms with Crippen molar-refractivity contribution in [1.29, 1.82) is 0 Å². The first-order valence-corrected chi connectivity index (χ1v) is 13.1. The molecule has 1 saturated heterocycles. The van der Waals surface area contributed by atoms with Crippen LogP contribution in [-0.4, -0.2) is 76.2 Å². The summed E-state index contributed by atoms with van der Waals surface area (Å²) < 4.78 is 7.78. The van der Waals surface area contributed by atoms with E-state index >= 15 is 0 Å². The Morgan fingerprint density at radius 2 is 1.94 bits per heavy atom. The van der Waals surface area contributed by atoms with Gasteiger partial charge in [-0.2, -0.15) is 0 Å². The Kier molecular flexibility index (Phi) is 7.51. The number of hydrogen-bond acceptors (Lipinski definition) is 5. The molecule has 1 amide bonds. The number of ether oxygens (including phenoxy) is 1. The molecule has 8 nitrogen and oxygen atoms in total. The van der Waals surface area contributed by atoms with Gasteiger partial charge in [-0.25, -0.2) is 4.98 Å². The fourth-order valence-corrected chi connectivity index (χ4v) is 5.65. The Labute approximate surface area is 207 Å². The maximum atomic E-state index is 12.6. The molecule has 0 radical (unpaired) electrons. The second-order valence-electron chi connectivity index (χ2n) is 9.91. The number of primary amides is 1. The van der Waals surface area contributed by atoms with Crippen molar-refractivity contribution in [1.82, 2.24) is 24.3 Å². The lowest BCUT2D eigenvalue weighted by atomic mass is 9.89. The number of nitrogens with one attached hydrogen (secondary N) is 1. The highest BCUT2D eigenvalue weighted by Gasteiger charge is 2.30. The Bertz CT molecular complexity index is 1150. The molecule has 0 spiro atoms. The molecular formula is C27H38N6O2. The van der Waals surface area contributed by atoms with Crippen LogP contribution in [-0.2, 0) is 24.2 Å². The molecule has 0 saturated carbocycles. The predicted octanol–water partition coefficient (Wildman–Crippen LogP) is 3.13. The van der Waals surface area contributed by atoms with Crippen molar-refractivity contribution < 1.29 is 9.53 Å². The van der Waals surface area contributed by atoms with Crippen LogP contribution in [0.25, 0.3) is 10.9 Å². The van der Waals surface area contributed by atoms with Gasteiger partial charge in [-0.1, -0.05) is 38.0 Å². The third kappa shape index (κ3) is 5.29. The van der Waals surface area contributed by atoms with Crippen LogP contribution in [0.2, 0.25) is 0 Å². The molecule has 0 bridgehead atoms. The number of benzene rings is 1. The molecule has 188 valence electrons. The molecule has 3 N–H and O–H groups in total. The van der Waals surface area contributed by atoms with Gasteiger partial charge in [0.15, 0.2) is 0 Å². The van der Waals surface area contributed by atoms with Gasteiger partial charge in [0.2, 0.25) is 0 Å². The SMILES string of the molecule is CCCCC(Cc1c[nH]c2ccccc12)c1c(C(N)=O)nc2n1CCN(CCN1CCOCC1)C2. The van der Waals surface area contributed by atoms with E-state index in [0.717, 1.165) is 102 Å². The molecule has 2 aliphatic heterocycles. The van der Waals surface area contributed by atoms with Gasteiger partial charge < -0.3 is 20.0 Å². The normalized spacial score (nSPS) is 18.1. The minimum absolute atomic E-state index is 0.206. The number of hydrogen-bond donors (Lipinski definition) is 2. The van der Waals surface area contributed by atoms with Gasteiger partial charge in [-0.05, 0) is 24.5 Å². The number of morpholine rings is 1. The molecule has 1 unspecified atom stereocenters. The summed E-state index contributed by atoms with van der Waals surface area (Å²) in [5.74, 6) is 0.766. The number of aromatic nitrogens is 3. The zero-order valence-electron chi connectivity index (χ0n) is 20.8. The molecule has 2 aliphatic rings. The highest BCUT2D eigenvalue weighted by molar-refractivity contribution is 5.92. The number of para-hydroxylation sites is 1. The summed E-state index contributed by atoms with van der Waals surface area (Å²) >= 11 is 0. The molecule has 0 aliphatic carbocycles. The summed E-state index contributed by atoms with van der Waals surface area (Å²) in [6, 6.07) is 8.43. The summed E-state index contributed by atoms with van der Waals surface area (Å²) in [7, 11) is 0. The van der Waals surface area contributed by atoms with Crippen LogP contribution >= 0.6 is 0 Å². The molecule has 1 atom stereocenters. The van der Waals surface area contributed by atoms with Crippen LogP contribution in [0.15, 0.2) is 30.5 Å². The minimum Gasteiger partial charge on any atom is -0.379 e. The molecule has 8 heteroatoms. The molecule has 5 rings (SSSR count). The van der Waals surface area contributed by atoms with Crippen molar-refractivity contribution in [2.45, 2.75) is 51.6 Å². The third-order valence-electron chi connectivity index (χ3n) is 7.59. The molecule has 4 heterocycles. The van der Waals surface area contributed by atoms with E-state index in [1.807, 2.05) is 0 Å². The van der Waals surface area contributed by atoms with Crippen LogP contribution in [0.5, 0.6) is 0 Å². The zero-order valence-corrected chi connectivity index (χ0v) is 20.8. The summed E-state index contributed by atoms with van der Waals surface area (Å²) in [5, 5.41) is 1.25. The molecule has 1 aromatic carbocycles. The second kappa shape index (κ2) is 10.9. The second-order valence-corrected chi connectivity index (χ2v) is 9.91. The van der Waals surface area contributed by atoms with Crippen molar-refractivity contribution in [3.63, 3.8) is 0 Å². The number of H-pyrrole nitrogens is 1. The number of aromatic amines is 1. The van der Waals surface area contributed by atoms with E-state index in [1.165, 1.54) is 10.9 Å². The zero-order chi connectivity index (χ0) is 24.2. The quantitative estimate of drug-likeness (QED) is 0.467. The van der Waals surface area contributed by atoms with Gasteiger partial charge in [0.05, 0.1) is 25.5 Å². The number of carbonyl (C=O) groups is 1. The number of fused-ring (bicyclic) bond motifs is 2. The Morgan fingerprint density at radius 1 is 1.14 bits per heavy atom. The molecule has 35 heavy (non-hydrogen) atoms. The number of nitrogens with two attached hydrogens (primary N) is 1. The van der Waals surface area contributed by atoms with Gasteiger partial charge in [-0.3, -0.25) is 14.6 Å². The Balaban J connectivity index is 1.39. The molecular weight excluding hydrogens is 440 g/mol. The van der Waals surface area contributed by atoms with E-state index in [9.17, 15) is 4.79 Å². The van der Waals surface area contributed by atoms with E-state index in [2.05, 4.69) is 56.7 Å². The fraction of sp³-hybridized carbons (Fsp3) is 0.556. The van der Waals surface area contributed by atoms with E-state index in [4.69, 9.17) is 15.5 Å². The predicted molar refractivity (Wildman–Crippen MR) is 138 cm³/mol. The first kappa shape index (κ1) is 24.0. The van der Waals surface area contributed by atoms with Gasteiger partial charge in [-0.15, -0.1) is 0 Å². The van der Waals surface area contributed by atoms with Crippen molar-refractivity contribution in [3.8, 4) is 0 Å². The maximum absolute atomic E-state index is 12.6. The smallest absolute Gasteiger partial charge is 0.269 e. The summed E-state index contributed by atoms with van der Waals surface area (Å²) in [6.07, 6.45) is 6.23. The largest absolute Gasteiger partial charge is 0.379 e. The minimum atomic E-state index is -0.415. The van der Waals surface area contributed by atoms with Gasteiger partial charge in [0, 0.05) is 62.3 Å². The molecule has 1 fully saturated rings. The van der Waals surface area contributed by atoms with Crippen molar-refractivity contribution in [2.24, 2.45) is 5.73 Å². The number of unbranched alkanes of at least 4 members (excludes halogenated alkanes) is 1. The summed E-state index contributed by atoms with van der Waals surface area (Å²) in [4.78, 5) is 25.7. The first-order valence-electron chi connectivity index (χ1n) is 13.1. The number of carbonyl (C=O) groups excluding carboxylic acids is 1. The van der Waals surface area contributed by atoms with Crippen LogP contribution in [0.1, 0.15) is 59.7 Å². The number of imidazole rings is 1. The monoisotopic (exact) mass is 478 g/mol. The van der Waals surface area contributed by atoms with Crippen LogP contribution in [0.4, 0.5) is 0 Å². The number of nitrogens with zero attached hydrogens (tertiary/aromatic N) is 4. The Morgan fingerprint density at radius 3 is 2.74 bits per heavy atom. The number of amides is 1. The topological polar surface area (TPSA) is 92.4 Å². The van der Waals surface area contributed by atoms with Gasteiger partial charge >= 0.3 is 0 Å². The Hall–Kier alpha value is -2.68. The van der Waals surface area contributed by atoms with E-state index in [-0.39, 0.29) is 5.92 Å². The molecule has 2 aromatic heterocycles. The van der Waals surface area contributed by atoms with Crippen LogP contribution in [0.3, 0.4) is 0 Å². The molecule has 3 aromatic rings. The maximum Gasteiger partial charge on any atom is 0.269 e. The van der Waals surface area contributed by atoms with Crippen molar-refractivity contribution in [2.75, 3.05) is 45.9 Å². The van der Waals surface area contributed by atoms with Gasteiger partial charge in [0.25, 0.3) is 5.91 Å². The highest BCUT2D eigenvalue weighted by Crippen LogP contribution is 2.33. The average Bonchev–Trinajstić information content (AvgIpc) is 3.47. The van der Waals surface area contributed by atoms with E-state index in [0.29, 0.717) is 5.69 Å². The first-order chi connectivity index (χ1) is 17.1. The van der Waals surface area contributed by atoms with Crippen molar-refractivity contribution >= 4 is 16.8 Å². The standard InChI is InChI=1S/C27H38N6O2/c1-2-3-6-20(17-21-18-29-23-8-5-4-7-22(21)23)26-25(27(28)34)30-24-19-32(11-12-33(24)26)10-9-31-13-15-35-16-14-31/h4-5,7-8,18,20,29H,2-3,6,9-17,19H2,1H3,(H2,28,34). The average molecular weight is 479 g/mol. The van der Waals surface area contributed by atoms with Crippen LogP contribution in [0, 0.1) is 0 Å². The fourth-order valence-electron chi connectivity index (χ4n) is 5.65. The van der Waals surface area contributed by atoms with E-state index in [1.54, 1.807) is 0 Å². The number of rotatable bonds is 10. The van der Waals surface area contributed by atoms with Crippen molar-refractivity contribution in [3.05, 3.63) is 53.2 Å². The summed E-state index contributed by atoms with van der Waals surface area (Å²) in [6.45, 7) is 10.5. The lowest BCUT2D eigenvalue weighted by Gasteiger charge is -2.33. The third-order valence-corrected chi connectivity index (χ3v) is 7.59. The van der Waals surface area contributed by atoms with Gasteiger partial charge in [0.1, 0.15) is 11.5 Å². The lowest BCUT2D eigenvalue weighted by molar-refractivity contribution is 0.0318. The van der Waals surface area contributed by atoms with Crippen LogP contribution < -0.4 is 5.73 Å². The van der Waals surface area contributed by atoms with E-state index < -0.39 is 5.91 Å². The summed E-state index contributed by atoms with van der Waals surface area (Å²) in [5.41, 5.74) is 9.84.